The molecular formula is C33H40N4O5. The van der Waals surface area contributed by atoms with Crippen molar-refractivity contribution < 1.29 is 23.8 Å². The van der Waals surface area contributed by atoms with Crippen LogP contribution < -0.4 is 4.74 Å². The SMILES string of the molecule is CC(C)(C)OC(=O)N1CC(c2nc3c([nH]2)C2(CCN(C(=O)OCc4ccccc4)CC2)Oc2ccccc2-3)CC1(C)C. The van der Waals surface area contributed by atoms with Crippen LogP contribution in [0.15, 0.2) is 54.6 Å². The first-order valence-corrected chi connectivity index (χ1v) is 14.8. The van der Waals surface area contributed by atoms with Crippen molar-refractivity contribution >= 4 is 12.2 Å². The minimum atomic E-state index is -0.635. The molecule has 2 aromatic carbocycles. The van der Waals surface area contributed by atoms with Crippen molar-refractivity contribution in [1.82, 2.24) is 19.8 Å². The number of aromatic nitrogens is 2. The lowest BCUT2D eigenvalue weighted by Gasteiger charge is -2.43. The molecule has 0 saturated carbocycles. The lowest BCUT2D eigenvalue weighted by atomic mass is 9.83. The average molecular weight is 573 g/mol. The second-order valence-corrected chi connectivity index (χ2v) is 13.3. The van der Waals surface area contributed by atoms with Crippen LogP contribution in [0.25, 0.3) is 11.3 Å². The van der Waals surface area contributed by atoms with Gasteiger partial charge in [-0.15, -0.1) is 0 Å². The number of hydrogen-bond donors (Lipinski definition) is 1. The molecule has 3 aliphatic rings. The van der Waals surface area contributed by atoms with Gasteiger partial charge in [0.05, 0.1) is 11.4 Å². The molecule has 1 unspecified atom stereocenters. The number of ether oxygens (including phenoxy) is 3. The van der Waals surface area contributed by atoms with E-state index in [1.54, 1.807) is 4.90 Å². The second kappa shape index (κ2) is 10.4. The van der Waals surface area contributed by atoms with Gasteiger partial charge in [-0.25, -0.2) is 14.6 Å². The van der Waals surface area contributed by atoms with Gasteiger partial charge in [0.15, 0.2) is 5.60 Å². The fourth-order valence-corrected chi connectivity index (χ4v) is 6.40. The van der Waals surface area contributed by atoms with Crippen LogP contribution in [0.4, 0.5) is 9.59 Å². The number of nitrogens with one attached hydrogen (secondary N) is 1. The van der Waals surface area contributed by atoms with Gasteiger partial charge in [0.25, 0.3) is 0 Å². The molecular weight excluding hydrogens is 532 g/mol. The Bertz CT molecular complexity index is 1470. The van der Waals surface area contributed by atoms with E-state index in [4.69, 9.17) is 19.2 Å². The van der Waals surface area contributed by atoms with E-state index in [-0.39, 0.29) is 30.3 Å². The molecule has 0 radical (unpaired) electrons. The van der Waals surface area contributed by atoms with E-state index in [9.17, 15) is 9.59 Å². The molecule has 2 fully saturated rings. The predicted octanol–water partition coefficient (Wildman–Crippen LogP) is 6.60. The summed E-state index contributed by atoms with van der Waals surface area (Å²) in [5.74, 6) is 1.67. The number of nitrogens with zero attached hydrogens (tertiary/aromatic N) is 3. The first kappa shape index (κ1) is 28.1. The number of likely N-dealkylation sites (tertiary alicyclic amines) is 2. The van der Waals surface area contributed by atoms with Crippen LogP contribution in [-0.2, 0) is 21.7 Å². The zero-order valence-electron chi connectivity index (χ0n) is 25.1. The Hall–Kier alpha value is -4.01. The molecule has 1 atom stereocenters. The smallest absolute Gasteiger partial charge is 0.410 e. The van der Waals surface area contributed by atoms with E-state index in [0.29, 0.717) is 32.5 Å². The largest absolute Gasteiger partial charge is 0.480 e. The summed E-state index contributed by atoms with van der Waals surface area (Å²) in [6, 6.07) is 17.7. The third kappa shape index (κ3) is 5.32. The highest BCUT2D eigenvalue weighted by Crippen LogP contribution is 2.50. The average Bonchev–Trinajstić information content (AvgIpc) is 3.54. The Morgan fingerprint density at radius 1 is 1.02 bits per heavy atom. The minimum Gasteiger partial charge on any atom is -0.480 e. The number of piperidine rings is 1. The van der Waals surface area contributed by atoms with E-state index in [1.165, 1.54) is 0 Å². The zero-order valence-corrected chi connectivity index (χ0v) is 25.1. The van der Waals surface area contributed by atoms with Crippen LogP contribution in [0.1, 0.15) is 76.9 Å². The van der Waals surface area contributed by atoms with Gasteiger partial charge in [-0.1, -0.05) is 42.5 Å². The summed E-state index contributed by atoms with van der Waals surface area (Å²) in [5.41, 5.74) is 2.17. The standard InChI is InChI=1S/C33H40N4O5/c1-31(2,3)42-30(39)37-20-23(19-32(37,4)5)28-34-26-24-13-9-10-14-25(24)41-33(27(26)35-28)15-17-36(18-16-33)29(38)40-21-22-11-7-6-8-12-22/h6-14,23H,15-21H2,1-5H3,(H,34,35). The molecule has 1 aromatic heterocycles. The van der Waals surface area contributed by atoms with E-state index in [0.717, 1.165) is 40.5 Å². The topological polar surface area (TPSA) is 97.0 Å². The monoisotopic (exact) mass is 572 g/mol. The van der Waals surface area contributed by atoms with Crippen LogP contribution in [0.3, 0.4) is 0 Å². The molecule has 9 nitrogen and oxygen atoms in total. The van der Waals surface area contributed by atoms with Crippen LogP contribution in [0.5, 0.6) is 5.75 Å². The van der Waals surface area contributed by atoms with Crippen molar-refractivity contribution in [3.8, 4) is 17.0 Å². The number of benzene rings is 2. The lowest BCUT2D eigenvalue weighted by Crippen LogP contribution is -2.49. The van der Waals surface area contributed by atoms with Gasteiger partial charge < -0.3 is 29.0 Å². The van der Waals surface area contributed by atoms with Crippen molar-refractivity contribution in [3.63, 3.8) is 0 Å². The predicted molar refractivity (Wildman–Crippen MR) is 158 cm³/mol. The summed E-state index contributed by atoms with van der Waals surface area (Å²) in [6.07, 6.45) is 1.36. The number of rotatable bonds is 3. The number of imidazole rings is 1. The van der Waals surface area contributed by atoms with Crippen molar-refractivity contribution in [2.24, 2.45) is 0 Å². The molecule has 222 valence electrons. The molecule has 3 aromatic rings. The number of para-hydroxylation sites is 1. The summed E-state index contributed by atoms with van der Waals surface area (Å²) in [5, 5.41) is 0. The number of carbonyl (C=O) groups is 2. The van der Waals surface area contributed by atoms with Crippen molar-refractivity contribution in [2.45, 2.75) is 83.1 Å². The first-order chi connectivity index (χ1) is 19.9. The highest BCUT2D eigenvalue weighted by atomic mass is 16.6. The van der Waals surface area contributed by atoms with Gasteiger partial charge in [-0.05, 0) is 58.7 Å². The molecule has 2 saturated heterocycles. The van der Waals surface area contributed by atoms with E-state index in [1.807, 2.05) is 80.3 Å². The summed E-state index contributed by atoms with van der Waals surface area (Å²) in [6.45, 7) is 11.6. The van der Waals surface area contributed by atoms with Gasteiger partial charge in [0.1, 0.15) is 23.8 Å². The van der Waals surface area contributed by atoms with Gasteiger partial charge in [0, 0.05) is 49.5 Å². The number of hydrogen-bond acceptors (Lipinski definition) is 6. The van der Waals surface area contributed by atoms with Crippen LogP contribution in [0.2, 0.25) is 0 Å². The third-order valence-corrected chi connectivity index (χ3v) is 8.54. The van der Waals surface area contributed by atoms with E-state index >= 15 is 0 Å². The minimum absolute atomic E-state index is 0.0235. The Morgan fingerprint density at radius 2 is 1.71 bits per heavy atom. The maximum atomic E-state index is 13.1. The summed E-state index contributed by atoms with van der Waals surface area (Å²) < 4.78 is 18.1. The van der Waals surface area contributed by atoms with E-state index < -0.39 is 11.2 Å². The Kier molecular flexibility index (Phi) is 6.94. The van der Waals surface area contributed by atoms with Gasteiger partial charge >= 0.3 is 12.2 Å². The first-order valence-electron chi connectivity index (χ1n) is 14.8. The number of aromatic amines is 1. The molecule has 0 aliphatic carbocycles. The number of H-pyrrole nitrogens is 1. The van der Waals surface area contributed by atoms with Crippen molar-refractivity contribution in [2.75, 3.05) is 19.6 Å². The highest BCUT2D eigenvalue weighted by Gasteiger charge is 2.49. The van der Waals surface area contributed by atoms with Crippen LogP contribution >= 0.6 is 0 Å². The lowest BCUT2D eigenvalue weighted by molar-refractivity contribution is -0.00939. The Labute approximate surface area is 247 Å². The van der Waals surface area contributed by atoms with Gasteiger partial charge in [-0.2, -0.15) is 0 Å². The molecule has 6 rings (SSSR count). The molecule has 4 heterocycles. The summed E-state index contributed by atoms with van der Waals surface area (Å²) >= 11 is 0. The van der Waals surface area contributed by atoms with Gasteiger partial charge in [-0.3, -0.25) is 0 Å². The Morgan fingerprint density at radius 3 is 2.43 bits per heavy atom. The summed E-state index contributed by atoms with van der Waals surface area (Å²) in [7, 11) is 0. The quantitative estimate of drug-likeness (QED) is 0.380. The van der Waals surface area contributed by atoms with Gasteiger partial charge in [0.2, 0.25) is 0 Å². The fourth-order valence-electron chi connectivity index (χ4n) is 6.40. The molecule has 1 N–H and O–H groups in total. The maximum absolute atomic E-state index is 13.1. The fraction of sp³-hybridized carbons (Fsp3) is 0.485. The maximum Gasteiger partial charge on any atom is 0.410 e. The molecule has 3 aliphatic heterocycles. The molecule has 0 bridgehead atoms. The second-order valence-electron chi connectivity index (χ2n) is 13.3. The van der Waals surface area contributed by atoms with Crippen LogP contribution in [0, 0.1) is 0 Å². The number of carbonyl (C=O) groups excluding carboxylic acids is 2. The Balaban J connectivity index is 1.23. The molecule has 9 heteroatoms. The molecule has 42 heavy (non-hydrogen) atoms. The van der Waals surface area contributed by atoms with Crippen molar-refractivity contribution in [1.29, 1.82) is 0 Å². The molecule has 1 spiro atoms. The zero-order chi connectivity index (χ0) is 29.7. The van der Waals surface area contributed by atoms with Crippen molar-refractivity contribution in [3.05, 3.63) is 71.7 Å². The van der Waals surface area contributed by atoms with E-state index in [2.05, 4.69) is 18.8 Å². The normalized spacial score (nSPS) is 20.5. The summed E-state index contributed by atoms with van der Waals surface area (Å²) in [4.78, 5) is 38.4. The highest BCUT2D eigenvalue weighted by molar-refractivity contribution is 5.74. The molecule has 2 amide bonds. The third-order valence-electron chi connectivity index (χ3n) is 8.54. The number of amides is 2. The number of fused-ring (bicyclic) bond motifs is 4. The van der Waals surface area contributed by atoms with Crippen LogP contribution in [-0.4, -0.2) is 62.7 Å².